The Hall–Kier alpha value is -0.890. The number of alkyl halides is 3. The average molecular weight is 212 g/mol. The highest BCUT2D eigenvalue weighted by Gasteiger charge is 2.34. The highest BCUT2D eigenvalue weighted by atomic mass is 32.1. The van der Waals surface area contributed by atoms with E-state index in [1.165, 1.54) is 0 Å². The van der Waals surface area contributed by atoms with Crippen molar-refractivity contribution < 1.29 is 13.2 Å². The zero-order valence-electron chi connectivity index (χ0n) is 6.43. The minimum atomic E-state index is -4.53. The molecular weight excluding hydrogens is 205 g/mol. The van der Waals surface area contributed by atoms with E-state index in [4.69, 9.17) is 5.73 Å². The molecule has 0 aliphatic carbocycles. The normalized spacial score (nSPS) is 12.0. The number of nitrogens with zero attached hydrogens (tertiary/aromatic N) is 2. The van der Waals surface area contributed by atoms with Crippen molar-refractivity contribution in [3.63, 3.8) is 0 Å². The second kappa shape index (κ2) is 3.46. The van der Waals surface area contributed by atoms with Crippen LogP contribution in [0.1, 0.15) is 5.82 Å². The lowest BCUT2D eigenvalue weighted by molar-refractivity contribution is -0.206. The van der Waals surface area contributed by atoms with Crippen molar-refractivity contribution in [1.82, 2.24) is 14.8 Å². The van der Waals surface area contributed by atoms with Gasteiger partial charge in [-0.2, -0.15) is 5.10 Å². The van der Waals surface area contributed by atoms with Gasteiger partial charge in [0.05, 0.1) is 0 Å². The molecule has 1 aromatic rings. The maximum atomic E-state index is 12.3. The van der Waals surface area contributed by atoms with Crippen LogP contribution in [0.3, 0.4) is 0 Å². The Bertz CT molecular complexity index is 338. The van der Waals surface area contributed by atoms with Gasteiger partial charge in [0, 0.05) is 6.42 Å². The first-order valence-corrected chi connectivity index (χ1v) is 3.81. The van der Waals surface area contributed by atoms with Gasteiger partial charge in [-0.15, -0.1) is 13.2 Å². The number of aromatic amines is 1. The molecule has 0 amide bonds. The smallest absolute Gasteiger partial charge is 0.330 e. The molecule has 0 fully saturated rings. The molecular formula is C5H7F3N4S. The quantitative estimate of drug-likeness (QED) is 0.716. The van der Waals surface area contributed by atoms with Gasteiger partial charge < -0.3 is 5.73 Å². The molecule has 0 radical (unpaired) electrons. The van der Waals surface area contributed by atoms with Crippen LogP contribution in [0, 0.1) is 4.77 Å². The Morgan fingerprint density at radius 2 is 2.15 bits per heavy atom. The van der Waals surface area contributed by atoms with Gasteiger partial charge >= 0.3 is 6.30 Å². The zero-order chi connectivity index (χ0) is 10.1. The molecule has 74 valence electrons. The van der Waals surface area contributed by atoms with Crippen molar-refractivity contribution in [1.29, 1.82) is 0 Å². The molecule has 0 bridgehead atoms. The molecule has 0 spiro atoms. The van der Waals surface area contributed by atoms with E-state index in [9.17, 15) is 13.2 Å². The van der Waals surface area contributed by atoms with E-state index < -0.39 is 11.1 Å². The van der Waals surface area contributed by atoms with Gasteiger partial charge in [0.15, 0.2) is 0 Å². The molecule has 0 unspecified atom stereocenters. The first-order chi connectivity index (χ1) is 5.96. The van der Waals surface area contributed by atoms with Gasteiger partial charge in [-0.1, -0.05) is 0 Å². The molecule has 0 saturated heterocycles. The van der Waals surface area contributed by atoms with E-state index in [1.807, 2.05) is 0 Å². The maximum absolute atomic E-state index is 12.3. The second-order valence-corrected chi connectivity index (χ2v) is 2.67. The maximum Gasteiger partial charge on any atom is 0.492 e. The first kappa shape index (κ1) is 10.2. The second-order valence-electron chi connectivity index (χ2n) is 2.29. The van der Waals surface area contributed by atoms with Crippen molar-refractivity contribution in [2.75, 3.05) is 6.54 Å². The largest absolute Gasteiger partial charge is 0.492 e. The van der Waals surface area contributed by atoms with Crippen LogP contribution in [0.15, 0.2) is 0 Å². The summed E-state index contributed by atoms with van der Waals surface area (Å²) >= 11 is 4.42. The molecule has 0 aromatic carbocycles. The zero-order valence-corrected chi connectivity index (χ0v) is 7.24. The molecule has 13 heavy (non-hydrogen) atoms. The number of hydrogen-bond donors (Lipinski definition) is 2. The molecule has 0 saturated carbocycles. The van der Waals surface area contributed by atoms with Crippen LogP contribution in [-0.2, 0) is 12.7 Å². The van der Waals surface area contributed by atoms with Crippen LogP contribution in [0.4, 0.5) is 13.2 Å². The molecule has 1 aromatic heterocycles. The van der Waals surface area contributed by atoms with Gasteiger partial charge in [-0.3, -0.25) is 5.10 Å². The summed E-state index contributed by atoms with van der Waals surface area (Å²) < 4.78 is 36.3. The number of H-pyrrole nitrogens is 1. The summed E-state index contributed by atoms with van der Waals surface area (Å²) in [6, 6.07) is 0. The standard InChI is InChI=1S/C5H7F3N4S/c6-5(7,8)12-3(1-2-9)10-11-4(12)13/h1-2,9H2,(H,11,13). The predicted molar refractivity (Wildman–Crippen MR) is 41.5 cm³/mol. The molecule has 1 heterocycles. The number of hydrogen-bond acceptors (Lipinski definition) is 3. The molecule has 1 rings (SSSR count). The van der Waals surface area contributed by atoms with Gasteiger partial charge in [-0.05, 0) is 18.8 Å². The van der Waals surface area contributed by atoms with Crippen LogP contribution in [0.2, 0.25) is 0 Å². The topological polar surface area (TPSA) is 59.6 Å². The number of halogens is 3. The molecule has 0 aliphatic rings. The fourth-order valence-corrected chi connectivity index (χ4v) is 1.14. The van der Waals surface area contributed by atoms with E-state index in [0.29, 0.717) is 0 Å². The van der Waals surface area contributed by atoms with Crippen LogP contribution < -0.4 is 5.73 Å². The van der Waals surface area contributed by atoms with Crippen LogP contribution in [0.5, 0.6) is 0 Å². The highest BCUT2D eigenvalue weighted by Crippen LogP contribution is 2.23. The van der Waals surface area contributed by atoms with Crippen molar-refractivity contribution in [2.45, 2.75) is 12.7 Å². The fraction of sp³-hybridized carbons (Fsp3) is 0.600. The summed E-state index contributed by atoms with van der Waals surface area (Å²) in [5, 5.41) is 5.49. The molecule has 3 N–H and O–H groups in total. The van der Waals surface area contributed by atoms with Crippen molar-refractivity contribution in [2.24, 2.45) is 5.73 Å². The van der Waals surface area contributed by atoms with E-state index in [1.54, 1.807) is 0 Å². The van der Waals surface area contributed by atoms with Crippen molar-refractivity contribution in [3.8, 4) is 0 Å². The lowest BCUT2D eigenvalue weighted by atomic mass is 10.4. The van der Waals surface area contributed by atoms with Gasteiger partial charge in [0.2, 0.25) is 4.77 Å². The fourth-order valence-electron chi connectivity index (χ4n) is 0.888. The number of rotatable bonds is 2. The van der Waals surface area contributed by atoms with Crippen LogP contribution in [0.25, 0.3) is 0 Å². The summed E-state index contributed by atoms with van der Waals surface area (Å²) in [6.45, 7) is 0.0930. The Morgan fingerprint density at radius 1 is 1.54 bits per heavy atom. The van der Waals surface area contributed by atoms with Gasteiger partial charge in [0.25, 0.3) is 0 Å². The van der Waals surface area contributed by atoms with Crippen LogP contribution in [-0.4, -0.2) is 21.3 Å². The Kier molecular flexibility index (Phi) is 2.71. The summed E-state index contributed by atoms with van der Waals surface area (Å²) in [6.07, 6.45) is -4.50. The van der Waals surface area contributed by atoms with Crippen LogP contribution >= 0.6 is 12.2 Å². The Balaban J connectivity index is 3.17. The lowest BCUT2D eigenvalue weighted by Gasteiger charge is -2.08. The number of nitrogens with two attached hydrogens (primary N) is 1. The van der Waals surface area contributed by atoms with E-state index in [2.05, 4.69) is 22.4 Å². The highest BCUT2D eigenvalue weighted by molar-refractivity contribution is 7.71. The minimum absolute atomic E-state index is 0.00912. The Morgan fingerprint density at radius 3 is 2.62 bits per heavy atom. The van der Waals surface area contributed by atoms with Gasteiger partial charge in [0.1, 0.15) is 5.82 Å². The van der Waals surface area contributed by atoms with E-state index in [-0.39, 0.29) is 23.4 Å². The van der Waals surface area contributed by atoms with Crippen molar-refractivity contribution in [3.05, 3.63) is 10.6 Å². The average Bonchev–Trinajstić information content (AvgIpc) is 2.31. The third kappa shape index (κ3) is 2.07. The minimum Gasteiger partial charge on any atom is -0.330 e. The third-order valence-electron chi connectivity index (χ3n) is 1.36. The van der Waals surface area contributed by atoms with Crippen molar-refractivity contribution >= 4 is 12.2 Å². The lowest BCUT2D eigenvalue weighted by Crippen LogP contribution is -2.21. The SMILES string of the molecule is NCCc1n[nH]c(=S)n1C(F)(F)F. The summed E-state index contributed by atoms with van der Waals surface area (Å²) in [5.41, 5.74) is 5.11. The molecule has 8 heteroatoms. The molecule has 0 aliphatic heterocycles. The summed E-state index contributed by atoms with van der Waals surface area (Å²) in [5.74, 6) is -0.194. The molecule has 0 atom stereocenters. The van der Waals surface area contributed by atoms with E-state index in [0.717, 1.165) is 0 Å². The number of aromatic nitrogens is 3. The first-order valence-electron chi connectivity index (χ1n) is 3.40. The summed E-state index contributed by atoms with van der Waals surface area (Å²) in [7, 11) is 0. The predicted octanol–water partition coefficient (Wildman–Crippen LogP) is 0.918. The van der Waals surface area contributed by atoms with E-state index >= 15 is 0 Å². The Labute approximate surface area is 76.5 Å². The molecule has 4 nitrogen and oxygen atoms in total. The third-order valence-corrected chi connectivity index (χ3v) is 1.64. The number of nitrogens with one attached hydrogen (secondary N) is 1. The summed E-state index contributed by atoms with van der Waals surface area (Å²) in [4.78, 5) is 0. The van der Waals surface area contributed by atoms with Gasteiger partial charge in [-0.25, -0.2) is 4.57 Å². The monoisotopic (exact) mass is 212 g/mol.